The van der Waals surface area contributed by atoms with E-state index in [4.69, 9.17) is 4.74 Å². The SMILES string of the molecule is CCOC(=O)C1=C(CBr)N(C)C(=O)NC1c1ccccc1. The van der Waals surface area contributed by atoms with Crippen molar-refractivity contribution in [1.29, 1.82) is 0 Å². The summed E-state index contributed by atoms with van der Waals surface area (Å²) in [6.45, 7) is 2.05. The summed E-state index contributed by atoms with van der Waals surface area (Å²) in [5.74, 6) is -0.410. The molecule has 1 atom stereocenters. The van der Waals surface area contributed by atoms with E-state index in [2.05, 4.69) is 21.2 Å². The number of halogens is 1. The molecule has 0 aromatic heterocycles. The highest BCUT2D eigenvalue weighted by atomic mass is 79.9. The number of ether oxygens (including phenoxy) is 1. The first-order valence-electron chi connectivity index (χ1n) is 6.65. The van der Waals surface area contributed by atoms with Gasteiger partial charge >= 0.3 is 12.0 Å². The van der Waals surface area contributed by atoms with Crippen LogP contribution in [0.25, 0.3) is 0 Å². The fourth-order valence-electron chi connectivity index (χ4n) is 2.26. The van der Waals surface area contributed by atoms with Crippen molar-refractivity contribution in [1.82, 2.24) is 10.2 Å². The first-order valence-corrected chi connectivity index (χ1v) is 7.77. The summed E-state index contributed by atoms with van der Waals surface area (Å²) in [5, 5.41) is 3.24. The molecule has 1 unspecified atom stereocenters. The number of alkyl halides is 1. The molecule has 0 aliphatic carbocycles. The second kappa shape index (κ2) is 6.76. The summed E-state index contributed by atoms with van der Waals surface area (Å²) in [7, 11) is 1.63. The van der Waals surface area contributed by atoms with E-state index in [0.717, 1.165) is 5.56 Å². The molecule has 0 radical (unpaired) electrons. The Morgan fingerprint density at radius 3 is 2.62 bits per heavy atom. The van der Waals surface area contributed by atoms with E-state index in [9.17, 15) is 9.59 Å². The number of carbonyl (C=O) groups is 2. The van der Waals surface area contributed by atoms with Gasteiger partial charge in [-0.3, -0.25) is 4.90 Å². The van der Waals surface area contributed by atoms with Crippen LogP contribution in [-0.4, -0.2) is 35.9 Å². The Kier molecular flexibility index (Phi) is 5.01. The molecule has 112 valence electrons. The van der Waals surface area contributed by atoms with Crippen LogP contribution >= 0.6 is 15.9 Å². The fraction of sp³-hybridized carbons (Fsp3) is 0.333. The van der Waals surface area contributed by atoms with Crippen molar-refractivity contribution in [3.8, 4) is 0 Å². The minimum Gasteiger partial charge on any atom is -0.463 e. The molecule has 5 nitrogen and oxygen atoms in total. The Morgan fingerprint density at radius 2 is 2.05 bits per heavy atom. The van der Waals surface area contributed by atoms with Crippen LogP contribution in [0.15, 0.2) is 41.6 Å². The monoisotopic (exact) mass is 352 g/mol. The van der Waals surface area contributed by atoms with Gasteiger partial charge in [-0.05, 0) is 12.5 Å². The predicted octanol–water partition coefficient (Wildman–Crippen LogP) is 2.59. The van der Waals surface area contributed by atoms with E-state index in [1.165, 1.54) is 4.90 Å². The van der Waals surface area contributed by atoms with Crippen molar-refractivity contribution in [2.24, 2.45) is 0 Å². The topological polar surface area (TPSA) is 58.6 Å². The third-order valence-corrected chi connectivity index (χ3v) is 3.86. The molecule has 1 N–H and O–H groups in total. The van der Waals surface area contributed by atoms with Gasteiger partial charge in [-0.15, -0.1) is 0 Å². The smallest absolute Gasteiger partial charge is 0.338 e. The number of hydrogen-bond acceptors (Lipinski definition) is 3. The maximum atomic E-state index is 12.3. The van der Waals surface area contributed by atoms with E-state index in [-0.39, 0.29) is 12.6 Å². The zero-order valence-corrected chi connectivity index (χ0v) is 13.5. The molecule has 0 bridgehead atoms. The molecule has 1 aliphatic rings. The molecule has 21 heavy (non-hydrogen) atoms. The first-order chi connectivity index (χ1) is 10.1. The Labute approximate surface area is 132 Å². The molecule has 6 heteroatoms. The van der Waals surface area contributed by atoms with Crippen molar-refractivity contribution < 1.29 is 14.3 Å². The maximum absolute atomic E-state index is 12.3. The Balaban J connectivity index is 2.53. The van der Waals surface area contributed by atoms with Crippen LogP contribution < -0.4 is 5.32 Å². The van der Waals surface area contributed by atoms with Crippen LogP contribution in [0.4, 0.5) is 4.79 Å². The normalized spacial score (nSPS) is 18.5. The van der Waals surface area contributed by atoms with Crippen LogP contribution in [0.1, 0.15) is 18.5 Å². The van der Waals surface area contributed by atoms with Crippen LogP contribution in [0.3, 0.4) is 0 Å². The van der Waals surface area contributed by atoms with E-state index >= 15 is 0 Å². The number of amides is 2. The van der Waals surface area contributed by atoms with Crippen molar-refractivity contribution in [3.05, 3.63) is 47.2 Å². The van der Waals surface area contributed by atoms with Crippen molar-refractivity contribution >= 4 is 27.9 Å². The molecule has 1 aliphatic heterocycles. The molecule has 2 amide bonds. The van der Waals surface area contributed by atoms with Gasteiger partial charge in [-0.2, -0.15) is 0 Å². The lowest BCUT2D eigenvalue weighted by Gasteiger charge is -2.34. The Hall–Kier alpha value is -1.82. The fourth-order valence-corrected chi connectivity index (χ4v) is 2.94. The number of nitrogens with one attached hydrogen (secondary N) is 1. The van der Waals surface area contributed by atoms with Crippen LogP contribution in [0.5, 0.6) is 0 Å². The van der Waals surface area contributed by atoms with Gasteiger partial charge in [0.1, 0.15) is 0 Å². The molecule has 0 spiro atoms. The van der Waals surface area contributed by atoms with Gasteiger partial charge in [-0.1, -0.05) is 46.3 Å². The zero-order chi connectivity index (χ0) is 15.4. The van der Waals surface area contributed by atoms with Crippen molar-refractivity contribution in [2.45, 2.75) is 13.0 Å². The zero-order valence-electron chi connectivity index (χ0n) is 11.9. The molecule has 0 fully saturated rings. The molecular formula is C15H17BrN2O3. The molecule has 1 heterocycles. The molecule has 1 aromatic carbocycles. The highest BCUT2D eigenvalue weighted by Crippen LogP contribution is 2.31. The Morgan fingerprint density at radius 1 is 1.38 bits per heavy atom. The van der Waals surface area contributed by atoms with Crippen LogP contribution in [-0.2, 0) is 9.53 Å². The van der Waals surface area contributed by atoms with Crippen molar-refractivity contribution in [2.75, 3.05) is 19.0 Å². The molecular weight excluding hydrogens is 336 g/mol. The van der Waals surface area contributed by atoms with Gasteiger partial charge in [0.15, 0.2) is 0 Å². The van der Waals surface area contributed by atoms with E-state index in [0.29, 0.717) is 16.6 Å². The largest absolute Gasteiger partial charge is 0.463 e. The molecule has 0 saturated carbocycles. The average Bonchev–Trinajstić information content (AvgIpc) is 2.50. The first kappa shape index (κ1) is 15.6. The lowest BCUT2D eigenvalue weighted by molar-refractivity contribution is -0.139. The highest BCUT2D eigenvalue weighted by Gasteiger charge is 2.36. The van der Waals surface area contributed by atoms with Gasteiger partial charge in [-0.25, -0.2) is 9.59 Å². The van der Waals surface area contributed by atoms with Gasteiger partial charge in [0.05, 0.1) is 18.2 Å². The van der Waals surface area contributed by atoms with Crippen molar-refractivity contribution in [3.63, 3.8) is 0 Å². The second-order valence-electron chi connectivity index (χ2n) is 4.57. The second-order valence-corrected chi connectivity index (χ2v) is 5.13. The summed E-state index contributed by atoms with van der Waals surface area (Å²) in [6.07, 6.45) is 0. The molecule has 0 saturated heterocycles. The van der Waals surface area contributed by atoms with Crippen LogP contribution in [0, 0.1) is 0 Å². The number of urea groups is 1. The third kappa shape index (κ3) is 3.10. The standard InChI is InChI=1S/C15H17BrN2O3/c1-3-21-14(19)12-11(9-16)18(2)15(20)17-13(12)10-7-5-4-6-8-10/h4-8,13H,3,9H2,1-2H3,(H,17,20). The maximum Gasteiger partial charge on any atom is 0.338 e. The summed E-state index contributed by atoms with van der Waals surface area (Å²) < 4.78 is 5.15. The number of esters is 1. The van der Waals surface area contributed by atoms with E-state index < -0.39 is 12.0 Å². The lowest BCUT2D eigenvalue weighted by Crippen LogP contribution is -2.47. The Bertz CT molecular complexity index is 572. The summed E-state index contributed by atoms with van der Waals surface area (Å²) in [6, 6.07) is 8.64. The van der Waals surface area contributed by atoms with Gasteiger partial charge in [0.2, 0.25) is 0 Å². The number of hydrogen-bond donors (Lipinski definition) is 1. The summed E-state index contributed by atoms with van der Waals surface area (Å²) >= 11 is 3.35. The summed E-state index contributed by atoms with van der Waals surface area (Å²) in [4.78, 5) is 25.8. The van der Waals surface area contributed by atoms with Gasteiger partial charge < -0.3 is 10.1 Å². The number of nitrogens with zero attached hydrogens (tertiary/aromatic N) is 1. The third-order valence-electron chi connectivity index (χ3n) is 3.33. The number of carbonyl (C=O) groups excluding carboxylic acids is 2. The molecule has 2 rings (SSSR count). The van der Waals surface area contributed by atoms with E-state index in [1.54, 1.807) is 14.0 Å². The van der Waals surface area contributed by atoms with Crippen LogP contribution in [0.2, 0.25) is 0 Å². The number of allylic oxidation sites excluding steroid dienone is 1. The quantitative estimate of drug-likeness (QED) is 0.669. The highest BCUT2D eigenvalue weighted by molar-refractivity contribution is 9.09. The lowest BCUT2D eigenvalue weighted by atomic mass is 9.95. The minimum absolute atomic E-state index is 0.244. The predicted molar refractivity (Wildman–Crippen MR) is 82.9 cm³/mol. The summed E-state index contributed by atoms with van der Waals surface area (Å²) in [5.41, 5.74) is 1.92. The van der Waals surface area contributed by atoms with Gasteiger partial charge in [0.25, 0.3) is 0 Å². The minimum atomic E-state index is -0.499. The number of benzene rings is 1. The van der Waals surface area contributed by atoms with E-state index in [1.807, 2.05) is 30.3 Å². The number of rotatable bonds is 4. The average molecular weight is 353 g/mol. The van der Waals surface area contributed by atoms with Gasteiger partial charge in [0, 0.05) is 18.1 Å². The molecule has 1 aromatic rings.